The minimum atomic E-state index is -0.0915. The van der Waals surface area contributed by atoms with Crippen molar-refractivity contribution in [1.29, 1.82) is 0 Å². The summed E-state index contributed by atoms with van der Waals surface area (Å²) in [6.45, 7) is 3.22. The van der Waals surface area contributed by atoms with E-state index in [9.17, 15) is 9.59 Å². The minimum absolute atomic E-state index is 0.00989. The summed E-state index contributed by atoms with van der Waals surface area (Å²) in [5, 5.41) is 0. The van der Waals surface area contributed by atoms with Crippen molar-refractivity contribution in [1.82, 2.24) is 4.90 Å². The van der Waals surface area contributed by atoms with Crippen molar-refractivity contribution in [2.45, 2.75) is 25.8 Å². The predicted octanol–water partition coefficient (Wildman–Crippen LogP) is 3.15. The van der Waals surface area contributed by atoms with Gasteiger partial charge >= 0.3 is 0 Å². The Labute approximate surface area is 147 Å². The zero-order valence-electron chi connectivity index (χ0n) is 14.2. The second-order valence-electron chi connectivity index (χ2n) is 6.72. The first kappa shape index (κ1) is 15.8. The van der Waals surface area contributed by atoms with Crippen LogP contribution in [0, 0.1) is 6.92 Å². The molecule has 1 amide bonds. The molecule has 4 nitrogen and oxygen atoms in total. The van der Waals surface area contributed by atoms with Crippen molar-refractivity contribution >= 4 is 17.4 Å². The molecule has 0 radical (unpaired) electrons. The second kappa shape index (κ2) is 6.28. The number of carbonyl (C=O) groups is 2. The molecule has 0 saturated heterocycles. The third-order valence-electron chi connectivity index (χ3n) is 5.08. The lowest BCUT2D eigenvalue weighted by Crippen LogP contribution is -2.48. The maximum Gasteiger partial charge on any atom is 0.268 e. The van der Waals surface area contributed by atoms with Crippen LogP contribution < -0.4 is 0 Å². The van der Waals surface area contributed by atoms with Crippen LogP contribution in [0.25, 0.3) is 0 Å². The molecule has 0 spiro atoms. The van der Waals surface area contributed by atoms with E-state index in [4.69, 9.17) is 0 Å². The van der Waals surface area contributed by atoms with Gasteiger partial charge in [-0.05, 0) is 24.5 Å². The van der Waals surface area contributed by atoms with E-state index in [1.54, 1.807) is 0 Å². The van der Waals surface area contributed by atoms with Gasteiger partial charge < -0.3 is 4.90 Å². The molecule has 25 heavy (non-hydrogen) atoms. The van der Waals surface area contributed by atoms with Gasteiger partial charge in [-0.25, -0.2) is 0 Å². The molecule has 0 N–H and O–H groups in total. The van der Waals surface area contributed by atoms with Gasteiger partial charge in [-0.15, -0.1) is 0 Å². The first-order chi connectivity index (χ1) is 12.1. The summed E-state index contributed by atoms with van der Waals surface area (Å²) in [7, 11) is 0. The molecule has 2 aliphatic heterocycles. The molecule has 2 aromatic carbocycles. The molecule has 0 fully saturated rings. The van der Waals surface area contributed by atoms with Gasteiger partial charge in [-0.1, -0.05) is 54.1 Å². The number of ketones is 1. The summed E-state index contributed by atoms with van der Waals surface area (Å²) in [5.74, 6) is -0.144. The summed E-state index contributed by atoms with van der Waals surface area (Å²) in [6.07, 6.45) is 0.935. The number of aliphatic imine (C=N–C) groups is 1. The molecule has 0 aromatic heterocycles. The third-order valence-corrected chi connectivity index (χ3v) is 5.08. The molecule has 2 aromatic rings. The molecule has 126 valence electrons. The highest BCUT2D eigenvalue weighted by Gasteiger charge is 2.36. The van der Waals surface area contributed by atoms with Gasteiger partial charge in [-0.3, -0.25) is 14.6 Å². The van der Waals surface area contributed by atoms with Crippen LogP contribution in [-0.2, 0) is 11.2 Å². The van der Waals surface area contributed by atoms with Crippen LogP contribution in [0.2, 0.25) is 0 Å². The number of fused-ring (bicyclic) bond motifs is 3. The highest BCUT2D eigenvalue weighted by Crippen LogP contribution is 2.32. The van der Waals surface area contributed by atoms with Crippen LogP contribution in [0.1, 0.15) is 39.5 Å². The molecule has 4 rings (SSSR count). The Balaban J connectivity index is 1.55. The van der Waals surface area contributed by atoms with Crippen LogP contribution in [0.3, 0.4) is 0 Å². The standard InChI is InChI=1S/C21H20N2O2/c1-14-6-8-16(9-7-14)20(24)12-18-21(25)23-11-10-15-4-2-3-5-17(15)19(23)13-22-18/h2-9,19H,10-13H2,1H3/t19-/m1/s1. The van der Waals surface area contributed by atoms with Gasteiger partial charge in [-0.2, -0.15) is 0 Å². The maximum atomic E-state index is 12.8. The number of hydrogen-bond acceptors (Lipinski definition) is 3. The number of Topliss-reactive ketones (excluding diaryl/α,β-unsaturated/α-hetero) is 1. The Kier molecular flexibility index (Phi) is 3.96. The number of aryl methyl sites for hydroxylation is 1. The van der Waals surface area contributed by atoms with Crippen LogP contribution in [0.4, 0.5) is 0 Å². The maximum absolute atomic E-state index is 12.8. The highest BCUT2D eigenvalue weighted by atomic mass is 16.2. The van der Waals surface area contributed by atoms with Crippen molar-refractivity contribution in [3.05, 3.63) is 70.8 Å². The van der Waals surface area contributed by atoms with E-state index in [1.807, 2.05) is 48.2 Å². The van der Waals surface area contributed by atoms with E-state index >= 15 is 0 Å². The van der Waals surface area contributed by atoms with E-state index in [0.29, 0.717) is 24.4 Å². The van der Waals surface area contributed by atoms with Gasteiger partial charge in [0.1, 0.15) is 5.71 Å². The molecule has 2 heterocycles. The molecule has 1 atom stereocenters. The third kappa shape index (κ3) is 2.88. The molecule has 2 aliphatic rings. The fourth-order valence-corrected chi connectivity index (χ4v) is 3.65. The number of carbonyl (C=O) groups excluding carboxylic acids is 2. The zero-order valence-corrected chi connectivity index (χ0v) is 14.2. The van der Waals surface area contributed by atoms with E-state index < -0.39 is 0 Å². The summed E-state index contributed by atoms with van der Waals surface area (Å²) in [4.78, 5) is 31.7. The van der Waals surface area contributed by atoms with E-state index in [-0.39, 0.29) is 24.2 Å². The predicted molar refractivity (Wildman–Crippen MR) is 97.0 cm³/mol. The molecule has 0 saturated carbocycles. The monoisotopic (exact) mass is 332 g/mol. The Morgan fingerprint density at radius 1 is 1.16 bits per heavy atom. The van der Waals surface area contributed by atoms with E-state index in [2.05, 4.69) is 17.1 Å². The lowest BCUT2D eigenvalue weighted by atomic mass is 9.90. The Morgan fingerprint density at radius 3 is 2.72 bits per heavy atom. The van der Waals surface area contributed by atoms with Crippen LogP contribution >= 0.6 is 0 Å². The lowest BCUT2D eigenvalue weighted by Gasteiger charge is -2.39. The topological polar surface area (TPSA) is 49.7 Å². The van der Waals surface area contributed by atoms with Crippen LogP contribution in [0.15, 0.2) is 53.5 Å². The van der Waals surface area contributed by atoms with Gasteiger partial charge in [0.05, 0.1) is 19.0 Å². The smallest absolute Gasteiger partial charge is 0.268 e. The molecule has 4 heteroatoms. The lowest BCUT2D eigenvalue weighted by molar-refractivity contribution is -0.127. The summed E-state index contributed by atoms with van der Waals surface area (Å²) in [5.41, 5.74) is 4.62. The van der Waals surface area contributed by atoms with Crippen molar-refractivity contribution in [2.24, 2.45) is 4.99 Å². The minimum Gasteiger partial charge on any atom is -0.328 e. The molecule has 0 bridgehead atoms. The number of hydrogen-bond donors (Lipinski definition) is 0. The fourth-order valence-electron chi connectivity index (χ4n) is 3.65. The highest BCUT2D eigenvalue weighted by molar-refractivity contribution is 6.43. The van der Waals surface area contributed by atoms with Crippen molar-refractivity contribution in [3.63, 3.8) is 0 Å². The summed E-state index contributed by atoms with van der Waals surface area (Å²) in [6, 6.07) is 15.7. The fraction of sp³-hybridized carbons (Fsp3) is 0.286. The van der Waals surface area contributed by atoms with Gasteiger partial charge in [0.25, 0.3) is 5.91 Å². The largest absolute Gasteiger partial charge is 0.328 e. The van der Waals surface area contributed by atoms with Crippen LogP contribution in [-0.4, -0.2) is 35.4 Å². The summed E-state index contributed by atoms with van der Waals surface area (Å²) < 4.78 is 0. The normalized spacial score (nSPS) is 19.1. The number of nitrogens with zero attached hydrogens (tertiary/aromatic N) is 2. The van der Waals surface area contributed by atoms with Gasteiger partial charge in [0.15, 0.2) is 5.78 Å². The van der Waals surface area contributed by atoms with Crippen LogP contribution in [0.5, 0.6) is 0 Å². The summed E-state index contributed by atoms with van der Waals surface area (Å²) >= 11 is 0. The Hall–Kier alpha value is -2.75. The molecule has 0 unspecified atom stereocenters. The van der Waals surface area contributed by atoms with Gasteiger partial charge in [0.2, 0.25) is 0 Å². The second-order valence-corrected chi connectivity index (χ2v) is 6.72. The quantitative estimate of drug-likeness (QED) is 0.811. The van der Waals surface area contributed by atoms with Gasteiger partial charge in [0, 0.05) is 12.1 Å². The van der Waals surface area contributed by atoms with E-state index in [0.717, 1.165) is 12.0 Å². The molecular weight excluding hydrogens is 312 g/mol. The van der Waals surface area contributed by atoms with Crippen molar-refractivity contribution < 1.29 is 9.59 Å². The average Bonchev–Trinajstić information content (AvgIpc) is 2.64. The van der Waals surface area contributed by atoms with Crippen molar-refractivity contribution in [3.8, 4) is 0 Å². The average molecular weight is 332 g/mol. The van der Waals surface area contributed by atoms with E-state index in [1.165, 1.54) is 11.1 Å². The zero-order chi connectivity index (χ0) is 17.4. The molecule has 0 aliphatic carbocycles. The first-order valence-electron chi connectivity index (χ1n) is 8.65. The number of rotatable bonds is 3. The Morgan fingerprint density at radius 2 is 1.92 bits per heavy atom. The van der Waals surface area contributed by atoms with Crippen molar-refractivity contribution in [2.75, 3.05) is 13.1 Å². The Bertz CT molecular complexity index is 868. The molecular formula is C21H20N2O2. The SMILES string of the molecule is Cc1ccc(C(=O)CC2=NC[C@@H]3c4ccccc4CCN3C2=O)cc1. The number of amides is 1. The number of benzene rings is 2. The first-order valence-corrected chi connectivity index (χ1v) is 8.65.